The van der Waals surface area contributed by atoms with E-state index in [0.717, 1.165) is 16.6 Å². The number of nitrogens with zero attached hydrogens (tertiary/aromatic N) is 1. The zero-order valence-electron chi connectivity index (χ0n) is 19.5. The minimum Gasteiger partial charge on any atom is -0.459 e. The molecule has 0 amide bonds. The molecule has 0 saturated heterocycles. The fraction of sp³-hybridized carbons (Fsp3) is 0.520. The Labute approximate surface area is 180 Å². The molecule has 164 valence electrons. The summed E-state index contributed by atoms with van der Waals surface area (Å²) < 4.78 is 13.5. The Morgan fingerprint density at radius 1 is 0.967 bits per heavy atom. The van der Waals surface area contributed by atoms with Crippen LogP contribution in [0.2, 0.25) is 0 Å². The van der Waals surface area contributed by atoms with Gasteiger partial charge < -0.3 is 14.0 Å². The highest BCUT2D eigenvalue weighted by Crippen LogP contribution is 2.36. The van der Waals surface area contributed by atoms with Crippen LogP contribution in [-0.4, -0.2) is 27.7 Å². The third kappa shape index (κ3) is 5.53. The lowest BCUT2D eigenvalue weighted by Crippen LogP contribution is -2.48. The van der Waals surface area contributed by atoms with Crippen LogP contribution in [0.15, 0.2) is 42.5 Å². The van der Waals surface area contributed by atoms with E-state index < -0.39 is 28.6 Å². The fourth-order valence-corrected chi connectivity index (χ4v) is 3.36. The first-order valence-electron chi connectivity index (χ1n) is 10.4. The second-order valence-electron chi connectivity index (χ2n) is 9.79. The van der Waals surface area contributed by atoms with Crippen LogP contribution in [0, 0.1) is 5.41 Å². The summed E-state index contributed by atoms with van der Waals surface area (Å²) in [5.41, 5.74) is -1.01. The molecule has 0 saturated carbocycles. The van der Waals surface area contributed by atoms with Gasteiger partial charge in [0.15, 0.2) is 5.41 Å². The average Bonchev–Trinajstić information content (AvgIpc) is 2.91. The molecule has 1 aromatic carbocycles. The first-order chi connectivity index (χ1) is 13.8. The number of aryl methyl sites for hydroxylation is 1. The van der Waals surface area contributed by atoms with Crippen molar-refractivity contribution in [3.8, 4) is 0 Å². The fourth-order valence-electron chi connectivity index (χ4n) is 3.36. The highest BCUT2D eigenvalue weighted by Gasteiger charge is 2.51. The number of hydrogen-bond donors (Lipinski definition) is 0. The van der Waals surface area contributed by atoms with Crippen molar-refractivity contribution < 1.29 is 19.1 Å². The van der Waals surface area contributed by atoms with E-state index in [9.17, 15) is 9.59 Å². The van der Waals surface area contributed by atoms with Gasteiger partial charge in [0.05, 0.1) is 0 Å². The van der Waals surface area contributed by atoms with Crippen LogP contribution in [-0.2, 0) is 32.5 Å². The van der Waals surface area contributed by atoms with Crippen molar-refractivity contribution >= 4 is 22.8 Å². The topological polar surface area (TPSA) is 57.5 Å². The maximum absolute atomic E-state index is 13.5. The Morgan fingerprint density at radius 3 is 1.97 bits per heavy atom. The second-order valence-corrected chi connectivity index (χ2v) is 9.79. The number of benzene rings is 1. The number of para-hydroxylation sites is 1. The highest BCUT2D eigenvalue weighted by atomic mass is 16.6. The Balaban J connectivity index is 2.62. The Bertz CT molecular complexity index is 910. The van der Waals surface area contributed by atoms with Crippen LogP contribution in [0.3, 0.4) is 0 Å². The van der Waals surface area contributed by atoms with Gasteiger partial charge in [-0.3, -0.25) is 9.59 Å². The zero-order valence-corrected chi connectivity index (χ0v) is 19.5. The largest absolute Gasteiger partial charge is 0.459 e. The monoisotopic (exact) mass is 413 g/mol. The van der Waals surface area contributed by atoms with E-state index in [1.807, 2.05) is 61.0 Å². The van der Waals surface area contributed by atoms with E-state index in [4.69, 9.17) is 9.47 Å². The Morgan fingerprint density at radius 2 is 1.50 bits per heavy atom. The number of ether oxygens (including phenoxy) is 2. The molecule has 1 heterocycles. The van der Waals surface area contributed by atoms with Crippen molar-refractivity contribution in [2.75, 3.05) is 0 Å². The number of rotatable bonds is 6. The van der Waals surface area contributed by atoms with Gasteiger partial charge in [-0.05, 0) is 72.4 Å². The molecule has 2 rings (SSSR count). The lowest BCUT2D eigenvalue weighted by molar-refractivity contribution is -0.185. The standard InChI is InChI=1S/C25H35NO4/c1-9-10-15-25(21(27)29-23(2,3)4,22(28)30-24(5,6)7)17-19-16-18-13-11-12-14-20(18)26(19)8/h9-14,16H,15,17H2,1-8H3/b10-9-. The molecule has 0 aliphatic heterocycles. The van der Waals surface area contributed by atoms with E-state index >= 15 is 0 Å². The first kappa shape index (κ1) is 23.7. The summed E-state index contributed by atoms with van der Waals surface area (Å²) in [5.74, 6) is -1.12. The van der Waals surface area contributed by atoms with E-state index in [1.54, 1.807) is 41.5 Å². The number of carbonyl (C=O) groups is 2. The van der Waals surface area contributed by atoms with Crippen molar-refractivity contribution in [2.45, 2.75) is 72.5 Å². The van der Waals surface area contributed by atoms with Crippen LogP contribution in [0.1, 0.15) is 60.6 Å². The molecule has 0 unspecified atom stereocenters. The molecule has 0 atom stereocenters. The zero-order chi connectivity index (χ0) is 22.7. The molecule has 0 N–H and O–H groups in total. The van der Waals surface area contributed by atoms with Crippen molar-refractivity contribution in [1.82, 2.24) is 4.57 Å². The van der Waals surface area contributed by atoms with Crippen molar-refractivity contribution in [1.29, 1.82) is 0 Å². The average molecular weight is 414 g/mol. The Kier molecular flexibility index (Phi) is 6.85. The second kappa shape index (κ2) is 8.66. The number of aromatic nitrogens is 1. The molecule has 0 radical (unpaired) electrons. The molecule has 0 fully saturated rings. The molecule has 1 aromatic heterocycles. The summed E-state index contributed by atoms with van der Waals surface area (Å²) in [7, 11) is 1.95. The maximum atomic E-state index is 13.5. The molecule has 5 heteroatoms. The summed E-state index contributed by atoms with van der Waals surface area (Å²) in [5, 5.41) is 1.06. The molecular weight excluding hydrogens is 378 g/mol. The summed E-state index contributed by atoms with van der Waals surface area (Å²) >= 11 is 0. The predicted octanol–water partition coefficient (Wildman–Crippen LogP) is 5.36. The molecule has 5 nitrogen and oxygen atoms in total. The van der Waals surface area contributed by atoms with Crippen LogP contribution in [0.4, 0.5) is 0 Å². The van der Waals surface area contributed by atoms with E-state index in [1.165, 1.54) is 0 Å². The van der Waals surface area contributed by atoms with Gasteiger partial charge in [-0.2, -0.15) is 0 Å². The van der Waals surface area contributed by atoms with Gasteiger partial charge in [-0.1, -0.05) is 30.4 Å². The molecule has 0 aliphatic rings. The smallest absolute Gasteiger partial charge is 0.324 e. The summed E-state index contributed by atoms with van der Waals surface area (Å²) in [6.45, 7) is 12.7. The quantitative estimate of drug-likeness (QED) is 0.364. The molecular formula is C25H35NO4. The third-order valence-electron chi connectivity index (χ3n) is 4.82. The van der Waals surface area contributed by atoms with E-state index in [2.05, 4.69) is 0 Å². The number of hydrogen-bond acceptors (Lipinski definition) is 4. The van der Waals surface area contributed by atoms with Gasteiger partial charge in [-0.25, -0.2) is 0 Å². The van der Waals surface area contributed by atoms with Crippen LogP contribution < -0.4 is 0 Å². The van der Waals surface area contributed by atoms with Gasteiger partial charge in [-0.15, -0.1) is 0 Å². The molecule has 0 spiro atoms. The summed E-state index contributed by atoms with van der Waals surface area (Å²) in [6.07, 6.45) is 4.06. The molecule has 0 bridgehead atoms. The van der Waals surface area contributed by atoms with Crippen LogP contribution >= 0.6 is 0 Å². The predicted molar refractivity (Wildman–Crippen MR) is 120 cm³/mol. The number of esters is 2. The lowest BCUT2D eigenvalue weighted by atomic mass is 9.79. The number of allylic oxidation sites excluding steroid dienone is 2. The van der Waals surface area contributed by atoms with Gasteiger partial charge in [0, 0.05) is 24.7 Å². The number of carbonyl (C=O) groups excluding carboxylic acids is 2. The summed E-state index contributed by atoms with van der Waals surface area (Å²) in [6, 6.07) is 10.0. The normalized spacial score (nSPS) is 13.1. The van der Waals surface area contributed by atoms with Gasteiger partial charge in [0.1, 0.15) is 11.2 Å². The minimum atomic E-state index is -1.48. The van der Waals surface area contributed by atoms with E-state index in [-0.39, 0.29) is 12.8 Å². The van der Waals surface area contributed by atoms with Crippen molar-refractivity contribution in [3.63, 3.8) is 0 Å². The van der Waals surface area contributed by atoms with Crippen molar-refractivity contribution in [2.24, 2.45) is 12.5 Å². The Hall–Kier alpha value is -2.56. The molecule has 30 heavy (non-hydrogen) atoms. The highest BCUT2D eigenvalue weighted by molar-refractivity contribution is 6.01. The van der Waals surface area contributed by atoms with Crippen LogP contribution in [0.25, 0.3) is 10.9 Å². The maximum Gasteiger partial charge on any atom is 0.324 e. The minimum absolute atomic E-state index is 0.187. The van der Waals surface area contributed by atoms with Gasteiger partial charge >= 0.3 is 11.9 Å². The molecule has 0 aliphatic carbocycles. The summed E-state index contributed by atoms with van der Waals surface area (Å²) in [4.78, 5) is 27.0. The molecule has 2 aromatic rings. The lowest BCUT2D eigenvalue weighted by Gasteiger charge is -2.34. The first-order valence-corrected chi connectivity index (χ1v) is 10.4. The third-order valence-corrected chi connectivity index (χ3v) is 4.82. The SMILES string of the molecule is C/C=C\CC(Cc1cc2ccccc2n1C)(C(=O)OC(C)(C)C)C(=O)OC(C)(C)C. The van der Waals surface area contributed by atoms with Gasteiger partial charge in [0.25, 0.3) is 0 Å². The number of fused-ring (bicyclic) bond motifs is 1. The van der Waals surface area contributed by atoms with Crippen LogP contribution in [0.5, 0.6) is 0 Å². The van der Waals surface area contributed by atoms with Gasteiger partial charge in [0.2, 0.25) is 0 Å². The van der Waals surface area contributed by atoms with E-state index in [0.29, 0.717) is 0 Å². The van der Waals surface area contributed by atoms with Crippen molar-refractivity contribution in [3.05, 3.63) is 48.2 Å².